The van der Waals surface area contributed by atoms with Crippen molar-refractivity contribution >= 4 is 0 Å². The lowest BCUT2D eigenvalue weighted by molar-refractivity contribution is -0.137. The van der Waals surface area contributed by atoms with Crippen molar-refractivity contribution in [2.75, 3.05) is 0 Å². The summed E-state index contributed by atoms with van der Waals surface area (Å²) in [7, 11) is 0. The molecule has 5 heteroatoms. The number of hydrogen-bond acceptors (Lipinski definition) is 0. The number of benzene rings is 1. The van der Waals surface area contributed by atoms with Crippen molar-refractivity contribution in [2.24, 2.45) is 0 Å². The molecule has 1 aromatic carbocycles. The van der Waals surface area contributed by atoms with Crippen LogP contribution in [0.3, 0.4) is 0 Å². The smallest absolute Gasteiger partial charge is 0.204 e. The summed E-state index contributed by atoms with van der Waals surface area (Å²) in [5.41, 5.74) is -1.53. The molecule has 0 aromatic heterocycles. The van der Waals surface area contributed by atoms with Gasteiger partial charge in [0.1, 0.15) is 0 Å². The van der Waals surface area contributed by atoms with Crippen molar-refractivity contribution in [1.29, 1.82) is 0 Å². The molecule has 1 rings (SSSR count). The maximum atomic E-state index is 12.6. The molecule has 0 amide bonds. The summed E-state index contributed by atoms with van der Waals surface area (Å²) in [5.74, 6) is -2.72. The Hall–Kier alpha value is -1.13. The topological polar surface area (TPSA) is 0 Å². The van der Waals surface area contributed by atoms with Crippen molar-refractivity contribution < 1.29 is 22.0 Å². The summed E-state index contributed by atoms with van der Waals surface area (Å²) in [6.07, 6.45) is -4.64. The Kier molecular flexibility index (Phi) is 4.71. The van der Waals surface area contributed by atoms with Crippen molar-refractivity contribution in [3.8, 4) is 0 Å². The van der Waals surface area contributed by atoms with E-state index in [0.717, 1.165) is 6.92 Å². The second kappa shape index (κ2) is 5.09. The van der Waals surface area contributed by atoms with E-state index in [0.29, 0.717) is 6.07 Å². The molecule has 0 N–H and O–H groups in total. The standard InChI is InChI=1S/C8H5F5.C2H6/c1-4-2-5(8(11,12)13)3-6(9)7(4)10;1-2/h2-3H,1H3;1-2H3. The Bertz CT molecular complexity index is 304. The molecule has 0 aliphatic carbocycles. The van der Waals surface area contributed by atoms with Gasteiger partial charge in [-0.3, -0.25) is 0 Å². The minimum Gasteiger partial charge on any atom is -0.204 e. The van der Waals surface area contributed by atoms with E-state index in [-0.39, 0.29) is 11.6 Å². The Morgan fingerprint density at radius 1 is 1.00 bits per heavy atom. The zero-order valence-electron chi connectivity index (χ0n) is 8.54. The Labute approximate surface area is 84.7 Å². The van der Waals surface area contributed by atoms with Crippen LogP contribution < -0.4 is 0 Å². The Balaban J connectivity index is 0.000000921. The SMILES string of the molecule is CC.Cc1cc(C(F)(F)F)cc(F)c1F. The van der Waals surface area contributed by atoms with E-state index < -0.39 is 23.4 Å². The molecule has 15 heavy (non-hydrogen) atoms. The van der Waals surface area contributed by atoms with Gasteiger partial charge in [0.15, 0.2) is 11.6 Å². The van der Waals surface area contributed by atoms with E-state index in [1.807, 2.05) is 13.8 Å². The summed E-state index contributed by atoms with van der Waals surface area (Å²) in [6.45, 7) is 5.08. The zero-order chi connectivity index (χ0) is 12.2. The molecule has 1 aromatic rings. The van der Waals surface area contributed by atoms with Crippen LogP contribution >= 0.6 is 0 Å². The molecule has 0 spiro atoms. The number of aryl methyl sites for hydroxylation is 1. The third kappa shape index (κ3) is 3.49. The highest BCUT2D eigenvalue weighted by atomic mass is 19.4. The van der Waals surface area contributed by atoms with Gasteiger partial charge in [-0.1, -0.05) is 13.8 Å². The Morgan fingerprint density at radius 2 is 1.47 bits per heavy atom. The van der Waals surface area contributed by atoms with Gasteiger partial charge in [-0.05, 0) is 24.6 Å². The van der Waals surface area contributed by atoms with Gasteiger partial charge in [0, 0.05) is 0 Å². The van der Waals surface area contributed by atoms with Crippen LogP contribution in [-0.2, 0) is 6.18 Å². The number of hydrogen-bond donors (Lipinski definition) is 0. The fourth-order valence-electron chi connectivity index (χ4n) is 0.890. The van der Waals surface area contributed by atoms with Gasteiger partial charge >= 0.3 is 6.18 Å². The third-order valence-corrected chi connectivity index (χ3v) is 1.54. The first-order valence-corrected chi connectivity index (χ1v) is 4.35. The minimum atomic E-state index is -4.64. The monoisotopic (exact) mass is 226 g/mol. The second-order valence-electron chi connectivity index (χ2n) is 2.59. The molecule has 0 nitrogen and oxygen atoms in total. The predicted molar refractivity (Wildman–Crippen MR) is 47.4 cm³/mol. The predicted octanol–water partition coefficient (Wildman–Crippen LogP) is 4.32. The summed E-state index contributed by atoms with van der Waals surface area (Å²) in [6, 6.07) is 0.709. The van der Waals surface area contributed by atoms with Crippen LogP contribution in [-0.4, -0.2) is 0 Å². The molecule has 0 bridgehead atoms. The van der Waals surface area contributed by atoms with Crippen LogP contribution in [0.1, 0.15) is 25.0 Å². The van der Waals surface area contributed by atoms with Crippen molar-refractivity contribution in [1.82, 2.24) is 0 Å². The first-order chi connectivity index (χ1) is 6.82. The average molecular weight is 226 g/mol. The normalized spacial score (nSPS) is 10.7. The highest BCUT2D eigenvalue weighted by molar-refractivity contribution is 5.27. The first-order valence-electron chi connectivity index (χ1n) is 4.35. The highest BCUT2D eigenvalue weighted by Gasteiger charge is 2.31. The van der Waals surface area contributed by atoms with Crippen molar-refractivity contribution in [2.45, 2.75) is 26.9 Å². The maximum absolute atomic E-state index is 12.6. The molecule has 0 radical (unpaired) electrons. The van der Waals surface area contributed by atoms with Crippen molar-refractivity contribution in [3.63, 3.8) is 0 Å². The van der Waals surface area contributed by atoms with Crippen LogP contribution in [0, 0.1) is 18.6 Å². The molecule has 0 unspecified atom stereocenters. The molecular formula is C10H11F5. The average Bonchev–Trinajstić information content (AvgIpc) is 2.15. The van der Waals surface area contributed by atoms with Gasteiger partial charge < -0.3 is 0 Å². The molecule has 0 saturated heterocycles. The van der Waals surface area contributed by atoms with Gasteiger partial charge in [-0.15, -0.1) is 0 Å². The zero-order valence-corrected chi connectivity index (χ0v) is 8.54. The van der Waals surface area contributed by atoms with Crippen LogP contribution in [0.2, 0.25) is 0 Å². The fourth-order valence-corrected chi connectivity index (χ4v) is 0.890. The molecule has 0 heterocycles. The number of rotatable bonds is 0. The van der Waals surface area contributed by atoms with E-state index >= 15 is 0 Å². The molecule has 0 fully saturated rings. The van der Waals surface area contributed by atoms with Crippen LogP contribution in [0.15, 0.2) is 12.1 Å². The molecule has 0 aliphatic rings. The van der Waals surface area contributed by atoms with Gasteiger partial charge in [-0.25, -0.2) is 8.78 Å². The van der Waals surface area contributed by atoms with E-state index in [2.05, 4.69) is 0 Å². The summed E-state index contributed by atoms with van der Waals surface area (Å²) in [5, 5.41) is 0. The van der Waals surface area contributed by atoms with E-state index in [1.54, 1.807) is 0 Å². The van der Waals surface area contributed by atoms with Gasteiger partial charge in [-0.2, -0.15) is 13.2 Å². The Morgan fingerprint density at radius 3 is 1.80 bits per heavy atom. The van der Waals surface area contributed by atoms with Gasteiger partial charge in [0.25, 0.3) is 0 Å². The molecule has 0 atom stereocenters. The minimum absolute atomic E-state index is 0.141. The van der Waals surface area contributed by atoms with E-state index in [9.17, 15) is 22.0 Å². The first kappa shape index (κ1) is 13.9. The van der Waals surface area contributed by atoms with Crippen LogP contribution in [0.25, 0.3) is 0 Å². The third-order valence-electron chi connectivity index (χ3n) is 1.54. The number of halogens is 5. The molecule has 0 aliphatic heterocycles. The lowest BCUT2D eigenvalue weighted by atomic mass is 10.1. The summed E-state index contributed by atoms with van der Waals surface area (Å²) in [4.78, 5) is 0. The van der Waals surface area contributed by atoms with Crippen LogP contribution in [0.5, 0.6) is 0 Å². The lowest BCUT2D eigenvalue weighted by Gasteiger charge is -2.08. The van der Waals surface area contributed by atoms with E-state index in [4.69, 9.17) is 0 Å². The lowest BCUT2D eigenvalue weighted by Crippen LogP contribution is -2.07. The maximum Gasteiger partial charge on any atom is 0.416 e. The molecule has 86 valence electrons. The quantitative estimate of drug-likeness (QED) is 0.578. The summed E-state index contributed by atoms with van der Waals surface area (Å²) < 4.78 is 61.0. The van der Waals surface area contributed by atoms with Gasteiger partial charge in [0.05, 0.1) is 5.56 Å². The van der Waals surface area contributed by atoms with Crippen LogP contribution in [0.4, 0.5) is 22.0 Å². The van der Waals surface area contributed by atoms with Gasteiger partial charge in [0.2, 0.25) is 0 Å². The molecule has 0 saturated carbocycles. The second-order valence-corrected chi connectivity index (χ2v) is 2.59. The largest absolute Gasteiger partial charge is 0.416 e. The highest BCUT2D eigenvalue weighted by Crippen LogP contribution is 2.31. The fraction of sp³-hybridized carbons (Fsp3) is 0.400. The molecular weight excluding hydrogens is 215 g/mol. The van der Waals surface area contributed by atoms with Crippen molar-refractivity contribution in [3.05, 3.63) is 34.9 Å². The van der Waals surface area contributed by atoms with E-state index in [1.165, 1.54) is 0 Å². The number of alkyl halides is 3. The summed E-state index contributed by atoms with van der Waals surface area (Å²) >= 11 is 0.